The van der Waals surface area contributed by atoms with E-state index in [2.05, 4.69) is 10.2 Å². The number of ether oxygens (including phenoxy) is 4. The third-order valence-corrected chi connectivity index (χ3v) is 6.37. The minimum Gasteiger partial charge on any atom is -0.493 e. The maximum Gasteiger partial charge on any atom is 0.220 e. The molecular weight excluding hydrogens is 519 g/mol. The van der Waals surface area contributed by atoms with Crippen LogP contribution in [0.3, 0.4) is 0 Å². The lowest BCUT2D eigenvalue weighted by Gasteiger charge is -2.19. The van der Waals surface area contributed by atoms with Gasteiger partial charge < -0.3 is 29.2 Å². The molecule has 1 aliphatic carbocycles. The van der Waals surface area contributed by atoms with Gasteiger partial charge >= 0.3 is 0 Å². The number of aryl methyl sites for hydroxylation is 1. The molecule has 0 spiro atoms. The standard InChI is InChI=1S/C22H25NO6.C5H11Cl2N/c1-12(24)23-16-8-6-13-10-19(27-3)21(28-4)22(29-5)20(13)14-7-9-18(26-2)17(25)11-15(14)16;1-8(4-2-6)5-3-7/h7,9-11,16H,6,8H2,1-5H3,(H,23,24);2-5H2,1H3/t16-;/m0./s1. The van der Waals surface area contributed by atoms with E-state index in [4.69, 9.17) is 42.1 Å². The molecule has 37 heavy (non-hydrogen) atoms. The topological polar surface area (TPSA) is 86.3 Å². The highest BCUT2D eigenvalue weighted by Crippen LogP contribution is 2.50. The predicted molar refractivity (Wildman–Crippen MR) is 148 cm³/mol. The van der Waals surface area contributed by atoms with Crippen molar-refractivity contribution in [1.82, 2.24) is 10.2 Å². The molecule has 2 aromatic carbocycles. The molecule has 0 saturated heterocycles. The first-order chi connectivity index (χ1) is 17.8. The smallest absolute Gasteiger partial charge is 0.220 e. The van der Waals surface area contributed by atoms with E-state index >= 15 is 0 Å². The van der Waals surface area contributed by atoms with Crippen molar-refractivity contribution in [1.29, 1.82) is 0 Å². The average Bonchev–Trinajstić information content (AvgIpc) is 3.11. The molecule has 0 aromatic heterocycles. The number of hydrogen-bond donors (Lipinski definition) is 1. The molecule has 1 aliphatic rings. The van der Waals surface area contributed by atoms with Crippen molar-refractivity contribution in [3.63, 3.8) is 0 Å². The first-order valence-electron chi connectivity index (χ1n) is 11.9. The molecular formula is C27H36Cl2N2O6. The molecule has 0 aliphatic heterocycles. The van der Waals surface area contributed by atoms with Gasteiger partial charge in [-0.15, -0.1) is 23.2 Å². The van der Waals surface area contributed by atoms with E-state index in [1.165, 1.54) is 20.1 Å². The Balaban J connectivity index is 0.000000521. The summed E-state index contributed by atoms with van der Waals surface area (Å²) in [5.41, 5.74) is 3.01. The molecule has 1 N–H and O–H groups in total. The molecule has 3 rings (SSSR count). The SMILES string of the molecule is CN(CCCl)CCCl.COc1cc2c(c(OC)c1OC)-c1ccc(OC)c(=O)cc1[C@@H](NC(C)=O)CC2. The third kappa shape index (κ3) is 7.66. The van der Waals surface area contributed by atoms with Gasteiger partial charge in [-0.05, 0) is 54.8 Å². The Morgan fingerprint density at radius 2 is 1.59 bits per heavy atom. The van der Waals surface area contributed by atoms with Crippen LogP contribution in [0.5, 0.6) is 23.0 Å². The lowest BCUT2D eigenvalue weighted by atomic mass is 9.95. The summed E-state index contributed by atoms with van der Waals surface area (Å²) in [7, 11) is 8.15. The summed E-state index contributed by atoms with van der Waals surface area (Å²) in [6.07, 6.45) is 1.27. The van der Waals surface area contributed by atoms with Gasteiger partial charge in [-0.3, -0.25) is 9.59 Å². The number of amides is 1. The Hall–Kier alpha value is -2.68. The number of nitrogens with zero attached hydrogens (tertiary/aromatic N) is 1. The predicted octanol–water partition coefficient (Wildman–Crippen LogP) is 4.27. The number of nitrogens with one attached hydrogen (secondary N) is 1. The van der Waals surface area contributed by atoms with Crippen LogP contribution < -0.4 is 29.7 Å². The monoisotopic (exact) mass is 554 g/mol. The normalized spacial score (nSPS) is 13.8. The summed E-state index contributed by atoms with van der Waals surface area (Å²) < 4.78 is 22.0. The van der Waals surface area contributed by atoms with Gasteiger partial charge in [0.2, 0.25) is 17.1 Å². The molecule has 0 bridgehead atoms. The molecule has 1 amide bonds. The van der Waals surface area contributed by atoms with Gasteiger partial charge in [-0.2, -0.15) is 0 Å². The number of rotatable bonds is 9. The van der Waals surface area contributed by atoms with Gasteiger partial charge in [0.05, 0.1) is 34.5 Å². The Labute approximate surface area is 228 Å². The zero-order valence-corrected chi connectivity index (χ0v) is 23.8. The fraction of sp³-hybridized carbons (Fsp3) is 0.481. The minimum absolute atomic E-state index is 0.167. The van der Waals surface area contributed by atoms with E-state index in [-0.39, 0.29) is 23.1 Å². The molecule has 0 saturated carbocycles. The van der Waals surface area contributed by atoms with Crippen molar-refractivity contribution < 1.29 is 23.7 Å². The van der Waals surface area contributed by atoms with Crippen LogP contribution in [0, 0.1) is 0 Å². The zero-order chi connectivity index (χ0) is 27.5. The van der Waals surface area contributed by atoms with Crippen molar-refractivity contribution in [2.75, 3.05) is 60.3 Å². The van der Waals surface area contributed by atoms with E-state index in [0.29, 0.717) is 47.4 Å². The minimum atomic E-state index is -0.332. The number of carbonyl (C=O) groups excluding carboxylic acids is 1. The molecule has 0 radical (unpaired) electrons. The summed E-state index contributed by atoms with van der Waals surface area (Å²) >= 11 is 10.9. The summed E-state index contributed by atoms with van der Waals surface area (Å²) in [4.78, 5) is 26.6. The fourth-order valence-electron chi connectivity index (χ4n) is 4.26. The highest BCUT2D eigenvalue weighted by molar-refractivity contribution is 6.18. The second-order valence-corrected chi connectivity index (χ2v) is 9.19. The number of alkyl halides is 2. The first kappa shape index (κ1) is 30.5. The van der Waals surface area contributed by atoms with Crippen LogP contribution in [0.1, 0.15) is 30.5 Å². The van der Waals surface area contributed by atoms with Crippen molar-refractivity contribution in [2.45, 2.75) is 25.8 Å². The molecule has 1 atom stereocenters. The van der Waals surface area contributed by atoms with E-state index in [1.54, 1.807) is 27.4 Å². The number of methoxy groups -OCH3 is 4. The van der Waals surface area contributed by atoms with Gasteiger partial charge in [0, 0.05) is 37.3 Å². The van der Waals surface area contributed by atoms with E-state index in [9.17, 15) is 9.59 Å². The number of carbonyl (C=O) groups is 1. The lowest BCUT2D eigenvalue weighted by molar-refractivity contribution is -0.119. The van der Waals surface area contributed by atoms with Crippen molar-refractivity contribution in [3.05, 3.63) is 45.6 Å². The van der Waals surface area contributed by atoms with Gasteiger partial charge in [0.15, 0.2) is 17.2 Å². The molecule has 204 valence electrons. The summed E-state index contributed by atoms with van der Waals surface area (Å²) in [5, 5.41) is 2.96. The molecule has 0 fully saturated rings. The first-order valence-corrected chi connectivity index (χ1v) is 12.9. The van der Waals surface area contributed by atoms with Crippen LogP contribution in [0.4, 0.5) is 0 Å². The largest absolute Gasteiger partial charge is 0.493 e. The second-order valence-electron chi connectivity index (χ2n) is 8.43. The number of hydrogen-bond acceptors (Lipinski definition) is 7. The number of fused-ring (bicyclic) bond motifs is 3. The van der Waals surface area contributed by atoms with Gasteiger partial charge in [0.1, 0.15) is 0 Å². The summed E-state index contributed by atoms with van der Waals surface area (Å²) in [6.45, 7) is 3.31. The third-order valence-electron chi connectivity index (χ3n) is 6.03. The number of benzene rings is 1. The van der Waals surface area contributed by atoms with Crippen LogP contribution in [-0.2, 0) is 11.2 Å². The lowest BCUT2D eigenvalue weighted by Crippen LogP contribution is -2.26. The van der Waals surface area contributed by atoms with Gasteiger partial charge in [0.25, 0.3) is 0 Å². The van der Waals surface area contributed by atoms with Gasteiger partial charge in [-0.25, -0.2) is 0 Å². The van der Waals surface area contributed by atoms with E-state index < -0.39 is 0 Å². The van der Waals surface area contributed by atoms with Crippen LogP contribution in [0.25, 0.3) is 11.1 Å². The summed E-state index contributed by atoms with van der Waals surface area (Å²) in [5.74, 6) is 2.98. The molecule has 10 heteroatoms. The van der Waals surface area contributed by atoms with Crippen molar-refractivity contribution in [2.24, 2.45) is 0 Å². The molecule has 0 heterocycles. The maximum atomic E-state index is 12.6. The van der Waals surface area contributed by atoms with Crippen LogP contribution in [0.15, 0.2) is 29.1 Å². The fourth-order valence-corrected chi connectivity index (χ4v) is 4.84. The molecule has 0 unspecified atom stereocenters. The van der Waals surface area contributed by atoms with E-state index in [1.807, 2.05) is 19.2 Å². The highest BCUT2D eigenvalue weighted by Gasteiger charge is 2.29. The van der Waals surface area contributed by atoms with Crippen molar-refractivity contribution in [3.8, 4) is 34.1 Å². The maximum absolute atomic E-state index is 12.6. The highest BCUT2D eigenvalue weighted by atomic mass is 35.5. The Bertz CT molecular complexity index is 1120. The van der Waals surface area contributed by atoms with E-state index in [0.717, 1.165) is 29.8 Å². The quantitative estimate of drug-likeness (QED) is 0.463. The Kier molecular flexibility index (Phi) is 12.3. The Morgan fingerprint density at radius 1 is 0.973 bits per heavy atom. The molecule has 8 nitrogen and oxygen atoms in total. The average molecular weight is 555 g/mol. The van der Waals surface area contributed by atoms with Crippen LogP contribution in [-0.4, -0.2) is 71.1 Å². The molecule has 2 aromatic rings. The van der Waals surface area contributed by atoms with Crippen LogP contribution in [0.2, 0.25) is 0 Å². The summed E-state index contributed by atoms with van der Waals surface area (Å²) in [6, 6.07) is 6.57. The van der Waals surface area contributed by atoms with Gasteiger partial charge in [-0.1, -0.05) is 6.07 Å². The zero-order valence-electron chi connectivity index (χ0n) is 22.3. The Morgan fingerprint density at radius 3 is 2.11 bits per heavy atom. The van der Waals surface area contributed by atoms with Crippen LogP contribution >= 0.6 is 23.2 Å². The number of halogens is 2. The second kappa shape index (κ2) is 14.9. The van der Waals surface area contributed by atoms with Crippen molar-refractivity contribution >= 4 is 29.1 Å².